The number of anilines is 2. The molecule has 3 rings (SSSR count). The lowest BCUT2D eigenvalue weighted by Gasteiger charge is -2.19. The van der Waals surface area contributed by atoms with Crippen LogP contribution in [0.4, 0.5) is 17.1 Å². The van der Waals surface area contributed by atoms with Crippen LogP contribution in [0, 0.1) is 17.0 Å². The van der Waals surface area contributed by atoms with Gasteiger partial charge in [0.1, 0.15) is 0 Å². The number of amides is 1. The molecule has 1 fully saturated rings. The molecule has 1 aliphatic rings. The van der Waals surface area contributed by atoms with Crippen LogP contribution < -0.4 is 10.2 Å². The summed E-state index contributed by atoms with van der Waals surface area (Å²) in [5, 5.41) is 13.6. The fraction of sp³-hybridized carbons (Fsp3) is 0.316. The number of nitrogens with one attached hydrogen (secondary N) is 1. The van der Waals surface area contributed by atoms with E-state index in [-0.39, 0.29) is 18.0 Å². The van der Waals surface area contributed by atoms with Crippen LogP contribution in [-0.4, -0.2) is 23.9 Å². The van der Waals surface area contributed by atoms with Crippen molar-refractivity contribution in [3.8, 4) is 0 Å². The maximum Gasteiger partial charge on any atom is 0.269 e. The Labute approximate surface area is 146 Å². The summed E-state index contributed by atoms with van der Waals surface area (Å²) in [7, 11) is 0. The van der Waals surface area contributed by atoms with Crippen LogP contribution in [0.15, 0.2) is 42.5 Å². The van der Waals surface area contributed by atoms with E-state index in [2.05, 4.69) is 16.3 Å². The molecule has 2 aromatic carbocycles. The molecule has 0 atom stereocenters. The van der Waals surface area contributed by atoms with Crippen molar-refractivity contribution in [2.24, 2.45) is 0 Å². The van der Waals surface area contributed by atoms with Gasteiger partial charge in [0.05, 0.1) is 11.3 Å². The highest BCUT2D eigenvalue weighted by Gasteiger charge is 2.14. The molecule has 1 heterocycles. The van der Waals surface area contributed by atoms with Gasteiger partial charge in [0, 0.05) is 36.6 Å². The van der Waals surface area contributed by atoms with E-state index in [9.17, 15) is 14.9 Å². The second-order valence-electron chi connectivity index (χ2n) is 6.34. The highest BCUT2D eigenvalue weighted by atomic mass is 16.6. The lowest BCUT2D eigenvalue weighted by molar-refractivity contribution is -0.384. The number of rotatable bonds is 5. The van der Waals surface area contributed by atoms with Gasteiger partial charge in [-0.15, -0.1) is 0 Å². The molecule has 6 nitrogen and oxygen atoms in total. The lowest BCUT2D eigenvalue weighted by atomic mass is 10.1. The topological polar surface area (TPSA) is 75.5 Å². The largest absolute Gasteiger partial charge is 0.372 e. The minimum Gasteiger partial charge on any atom is -0.372 e. The van der Waals surface area contributed by atoms with Crippen LogP contribution in [0.2, 0.25) is 0 Å². The molecule has 0 unspecified atom stereocenters. The maximum atomic E-state index is 12.2. The number of carbonyl (C=O) groups is 1. The second kappa shape index (κ2) is 7.34. The molecule has 0 radical (unpaired) electrons. The van der Waals surface area contributed by atoms with Crippen molar-refractivity contribution < 1.29 is 9.72 Å². The Morgan fingerprint density at radius 2 is 1.84 bits per heavy atom. The molecule has 1 amide bonds. The average molecular weight is 339 g/mol. The Bertz CT molecular complexity index is 781. The monoisotopic (exact) mass is 339 g/mol. The van der Waals surface area contributed by atoms with E-state index in [1.54, 1.807) is 12.1 Å². The van der Waals surface area contributed by atoms with Gasteiger partial charge in [0.15, 0.2) is 0 Å². The smallest absolute Gasteiger partial charge is 0.269 e. The number of hydrogen-bond donors (Lipinski definition) is 1. The number of aryl methyl sites for hydroxylation is 1. The standard InChI is InChI=1S/C19H21N3O3/c1-14-12-17(21-10-2-3-11-21)8-9-18(14)20-19(23)13-15-4-6-16(7-5-15)22(24)25/h4-9,12H,2-3,10-11,13H2,1H3,(H,20,23). The summed E-state index contributed by atoms with van der Waals surface area (Å²) in [5.74, 6) is -0.133. The molecule has 1 N–H and O–H groups in total. The predicted octanol–water partition coefficient (Wildman–Crippen LogP) is 3.68. The van der Waals surface area contributed by atoms with Gasteiger partial charge in [-0.3, -0.25) is 14.9 Å². The first-order valence-corrected chi connectivity index (χ1v) is 8.42. The zero-order chi connectivity index (χ0) is 17.8. The van der Waals surface area contributed by atoms with Crippen LogP contribution in [0.25, 0.3) is 0 Å². The summed E-state index contributed by atoms with van der Waals surface area (Å²) >= 11 is 0. The zero-order valence-electron chi connectivity index (χ0n) is 14.2. The van der Waals surface area contributed by atoms with E-state index in [0.717, 1.165) is 29.9 Å². The summed E-state index contributed by atoms with van der Waals surface area (Å²) < 4.78 is 0. The highest BCUT2D eigenvalue weighted by molar-refractivity contribution is 5.93. The minimum atomic E-state index is -0.449. The van der Waals surface area contributed by atoms with Gasteiger partial charge in [-0.05, 0) is 49.1 Å². The Balaban J connectivity index is 1.63. The van der Waals surface area contributed by atoms with Crippen LogP contribution in [0.5, 0.6) is 0 Å². The summed E-state index contributed by atoms with van der Waals surface area (Å²) in [6, 6.07) is 12.1. The fourth-order valence-corrected chi connectivity index (χ4v) is 3.08. The number of nitro groups is 1. The highest BCUT2D eigenvalue weighted by Crippen LogP contribution is 2.25. The van der Waals surface area contributed by atoms with E-state index in [4.69, 9.17) is 0 Å². The molecule has 0 aliphatic carbocycles. The number of nitro benzene ring substituents is 1. The first-order chi connectivity index (χ1) is 12.0. The van der Waals surface area contributed by atoms with Crippen molar-refractivity contribution in [2.45, 2.75) is 26.2 Å². The third kappa shape index (κ3) is 4.15. The van der Waals surface area contributed by atoms with E-state index >= 15 is 0 Å². The van der Waals surface area contributed by atoms with Crippen molar-refractivity contribution in [3.63, 3.8) is 0 Å². The molecule has 1 aliphatic heterocycles. The van der Waals surface area contributed by atoms with E-state index in [1.165, 1.54) is 30.7 Å². The zero-order valence-corrected chi connectivity index (χ0v) is 14.2. The predicted molar refractivity (Wildman–Crippen MR) is 98.1 cm³/mol. The first-order valence-electron chi connectivity index (χ1n) is 8.42. The van der Waals surface area contributed by atoms with Gasteiger partial charge in [0.2, 0.25) is 5.91 Å². The summed E-state index contributed by atoms with van der Waals surface area (Å²) in [6.07, 6.45) is 2.64. The molecule has 2 aromatic rings. The van der Waals surface area contributed by atoms with Gasteiger partial charge in [-0.25, -0.2) is 0 Å². The number of carbonyl (C=O) groups excluding carboxylic acids is 1. The van der Waals surface area contributed by atoms with Crippen LogP contribution in [-0.2, 0) is 11.2 Å². The fourth-order valence-electron chi connectivity index (χ4n) is 3.08. The van der Waals surface area contributed by atoms with Gasteiger partial charge in [-0.1, -0.05) is 12.1 Å². The van der Waals surface area contributed by atoms with Gasteiger partial charge in [-0.2, -0.15) is 0 Å². The summed E-state index contributed by atoms with van der Waals surface area (Å²) in [5.41, 5.74) is 3.80. The van der Waals surface area contributed by atoms with Crippen LogP contribution in [0.1, 0.15) is 24.0 Å². The SMILES string of the molecule is Cc1cc(N2CCCC2)ccc1NC(=O)Cc1ccc([N+](=O)[O-])cc1. The van der Waals surface area contributed by atoms with Gasteiger partial charge in [0.25, 0.3) is 5.69 Å². The minimum absolute atomic E-state index is 0.0255. The third-order valence-corrected chi connectivity index (χ3v) is 4.47. The number of hydrogen-bond acceptors (Lipinski definition) is 4. The molecular weight excluding hydrogens is 318 g/mol. The van der Waals surface area contributed by atoms with Crippen molar-refractivity contribution in [2.75, 3.05) is 23.3 Å². The van der Waals surface area contributed by atoms with Gasteiger partial charge >= 0.3 is 0 Å². The van der Waals surface area contributed by atoms with E-state index < -0.39 is 4.92 Å². The first kappa shape index (κ1) is 17.0. The van der Waals surface area contributed by atoms with Crippen molar-refractivity contribution >= 4 is 23.0 Å². The molecule has 1 saturated heterocycles. The molecule has 0 spiro atoms. The summed E-state index contributed by atoms with van der Waals surface area (Å²) in [4.78, 5) is 24.8. The lowest BCUT2D eigenvalue weighted by Crippen LogP contribution is -2.18. The quantitative estimate of drug-likeness (QED) is 0.666. The van der Waals surface area contributed by atoms with E-state index in [1.807, 2.05) is 19.1 Å². The van der Waals surface area contributed by atoms with Crippen molar-refractivity contribution in [1.82, 2.24) is 0 Å². The molecule has 6 heteroatoms. The van der Waals surface area contributed by atoms with Crippen LogP contribution in [0.3, 0.4) is 0 Å². The Morgan fingerprint density at radius 1 is 1.16 bits per heavy atom. The van der Waals surface area contributed by atoms with Crippen molar-refractivity contribution in [3.05, 3.63) is 63.7 Å². The normalized spacial score (nSPS) is 13.7. The number of nitrogens with zero attached hydrogens (tertiary/aromatic N) is 2. The Hall–Kier alpha value is -2.89. The summed E-state index contributed by atoms with van der Waals surface area (Å²) in [6.45, 7) is 4.16. The Kier molecular flexibility index (Phi) is 4.97. The number of benzene rings is 2. The average Bonchev–Trinajstić information content (AvgIpc) is 3.11. The van der Waals surface area contributed by atoms with Crippen molar-refractivity contribution in [1.29, 1.82) is 0 Å². The maximum absolute atomic E-state index is 12.2. The molecule has 0 aromatic heterocycles. The molecule has 0 saturated carbocycles. The Morgan fingerprint density at radius 3 is 2.44 bits per heavy atom. The molecule has 0 bridgehead atoms. The van der Waals surface area contributed by atoms with E-state index in [0.29, 0.717) is 0 Å². The molecular formula is C19H21N3O3. The van der Waals surface area contributed by atoms with Crippen LogP contribution >= 0.6 is 0 Å². The molecule has 130 valence electrons. The van der Waals surface area contributed by atoms with Gasteiger partial charge < -0.3 is 10.2 Å². The second-order valence-corrected chi connectivity index (χ2v) is 6.34. The molecule has 25 heavy (non-hydrogen) atoms. The third-order valence-electron chi connectivity index (χ3n) is 4.47. The number of non-ortho nitro benzene ring substituents is 1.